The summed E-state index contributed by atoms with van der Waals surface area (Å²) in [5, 5.41) is 10.4. The van der Waals surface area contributed by atoms with Gasteiger partial charge in [0.1, 0.15) is 6.10 Å². The summed E-state index contributed by atoms with van der Waals surface area (Å²) in [7, 11) is 0. The Labute approximate surface area is 50.1 Å². The van der Waals surface area contributed by atoms with Gasteiger partial charge in [-0.15, -0.1) is 0 Å². The number of rotatable bonds is 3. The fourth-order valence-electron chi connectivity index (χ4n) is 0.405. The zero-order valence-corrected chi connectivity index (χ0v) is 5.33. The molecule has 0 aromatic rings. The standard InChI is InChI=1S/C5H10OS/c1-2-3-5(6)4-7/h5H,2-4H2,1H3. The van der Waals surface area contributed by atoms with Crippen molar-refractivity contribution in [2.45, 2.75) is 25.9 Å². The zero-order valence-electron chi connectivity index (χ0n) is 4.52. The molecule has 0 saturated heterocycles. The molecular weight excluding hydrogens is 108 g/mol. The maximum absolute atomic E-state index is 10.4. The first-order valence-corrected chi connectivity index (χ1v) is 3.13. The molecule has 0 fully saturated rings. The van der Waals surface area contributed by atoms with Crippen LogP contribution in [0.25, 0.3) is 0 Å². The number of hydrogen-bond donors (Lipinski definition) is 0. The summed E-state index contributed by atoms with van der Waals surface area (Å²) in [4.78, 5) is 0. The second-order valence-electron chi connectivity index (χ2n) is 1.58. The van der Waals surface area contributed by atoms with Crippen molar-refractivity contribution in [3.8, 4) is 0 Å². The minimum absolute atomic E-state index is 0.369. The fourth-order valence-corrected chi connectivity index (χ4v) is 0.572. The van der Waals surface area contributed by atoms with Crippen molar-refractivity contribution >= 4 is 12.6 Å². The summed E-state index contributed by atoms with van der Waals surface area (Å²) in [6, 6.07) is 0. The van der Waals surface area contributed by atoms with Crippen LogP contribution in [0.2, 0.25) is 0 Å². The Morgan fingerprint density at radius 2 is 2.29 bits per heavy atom. The third kappa shape index (κ3) is 4.16. The topological polar surface area (TPSA) is 19.9 Å². The minimum atomic E-state index is -0.486. The van der Waals surface area contributed by atoms with Gasteiger partial charge in [0.15, 0.2) is 0 Å². The zero-order chi connectivity index (χ0) is 5.70. The second-order valence-corrected chi connectivity index (χ2v) is 1.91. The molecule has 0 aliphatic rings. The summed E-state index contributed by atoms with van der Waals surface area (Å²) < 4.78 is 0. The molecule has 0 bridgehead atoms. The van der Waals surface area contributed by atoms with Gasteiger partial charge in [-0.05, 0) is 6.42 Å². The van der Waals surface area contributed by atoms with Crippen LogP contribution in [-0.2, 0) is 5.11 Å². The molecule has 1 unspecified atom stereocenters. The van der Waals surface area contributed by atoms with E-state index < -0.39 is 6.10 Å². The maximum Gasteiger partial charge on any atom is 0.103 e. The van der Waals surface area contributed by atoms with E-state index in [1.165, 1.54) is 0 Å². The van der Waals surface area contributed by atoms with Gasteiger partial charge in [0, 0.05) is 5.75 Å². The molecule has 0 aromatic heterocycles. The highest BCUT2D eigenvalue weighted by Crippen LogP contribution is 1.96. The van der Waals surface area contributed by atoms with E-state index in [0.717, 1.165) is 12.8 Å². The molecule has 7 heavy (non-hydrogen) atoms. The number of hydrogen-bond acceptors (Lipinski definition) is 0. The molecule has 0 aliphatic heterocycles. The van der Waals surface area contributed by atoms with Crippen LogP contribution >= 0.6 is 12.6 Å². The first kappa shape index (κ1) is 7.31. The molecule has 0 N–H and O–H groups in total. The third-order valence-electron chi connectivity index (χ3n) is 0.797. The normalized spacial score (nSPS) is 14.1. The minimum Gasteiger partial charge on any atom is -0.232 e. The molecule has 2 radical (unpaired) electrons. The van der Waals surface area contributed by atoms with Gasteiger partial charge >= 0.3 is 0 Å². The first-order valence-electron chi connectivity index (χ1n) is 2.55. The Bertz CT molecular complexity index is 39.1. The summed E-state index contributed by atoms with van der Waals surface area (Å²) in [6.45, 7) is 2.00. The van der Waals surface area contributed by atoms with Crippen molar-refractivity contribution in [3.05, 3.63) is 0 Å². The van der Waals surface area contributed by atoms with Crippen molar-refractivity contribution < 1.29 is 5.11 Å². The van der Waals surface area contributed by atoms with E-state index in [1.807, 2.05) is 6.92 Å². The quantitative estimate of drug-likeness (QED) is 0.538. The van der Waals surface area contributed by atoms with Crippen molar-refractivity contribution in [2.24, 2.45) is 0 Å². The highest BCUT2D eigenvalue weighted by atomic mass is 32.1. The average Bonchev–Trinajstić information content (AvgIpc) is 1.68. The molecule has 1 atom stereocenters. The van der Waals surface area contributed by atoms with Gasteiger partial charge in [0.2, 0.25) is 0 Å². The largest absolute Gasteiger partial charge is 0.232 e. The molecule has 0 rings (SSSR count). The predicted molar refractivity (Wildman–Crippen MR) is 31.8 cm³/mol. The van der Waals surface area contributed by atoms with E-state index in [-0.39, 0.29) is 0 Å². The summed E-state index contributed by atoms with van der Waals surface area (Å²) in [6.07, 6.45) is 1.22. The van der Waals surface area contributed by atoms with Crippen LogP contribution < -0.4 is 0 Å². The molecule has 0 amide bonds. The molecular formula is C5H10OS. The van der Waals surface area contributed by atoms with E-state index in [4.69, 9.17) is 0 Å². The van der Waals surface area contributed by atoms with Crippen LogP contribution in [0.3, 0.4) is 0 Å². The Morgan fingerprint density at radius 1 is 1.71 bits per heavy atom. The SMILES string of the molecule is CCCC([O])C[S]. The maximum atomic E-state index is 10.4. The fraction of sp³-hybridized carbons (Fsp3) is 1.00. The lowest BCUT2D eigenvalue weighted by Crippen LogP contribution is -2.04. The predicted octanol–water partition coefficient (Wildman–Crippen LogP) is 1.78. The lowest BCUT2D eigenvalue weighted by atomic mass is 10.2. The average molecular weight is 118 g/mol. The van der Waals surface area contributed by atoms with Gasteiger partial charge in [-0.25, -0.2) is 5.11 Å². The van der Waals surface area contributed by atoms with Gasteiger partial charge in [-0.2, -0.15) is 0 Å². The van der Waals surface area contributed by atoms with E-state index in [1.54, 1.807) is 0 Å². The Balaban J connectivity index is 2.83. The molecule has 0 aromatic carbocycles. The van der Waals surface area contributed by atoms with Crippen LogP contribution in [0.15, 0.2) is 0 Å². The molecule has 1 nitrogen and oxygen atoms in total. The van der Waals surface area contributed by atoms with Crippen molar-refractivity contribution in [3.63, 3.8) is 0 Å². The van der Waals surface area contributed by atoms with E-state index >= 15 is 0 Å². The third-order valence-corrected chi connectivity index (χ3v) is 1.17. The molecule has 2 heteroatoms. The highest BCUT2D eigenvalue weighted by Gasteiger charge is 1.98. The van der Waals surface area contributed by atoms with Crippen LogP contribution in [0.5, 0.6) is 0 Å². The summed E-state index contributed by atoms with van der Waals surface area (Å²) in [5.41, 5.74) is 0. The van der Waals surface area contributed by atoms with Crippen molar-refractivity contribution in [1.29, 1.82) is 0 Å². The Kier molecular flexibility index (Phi) is 4.67. The smallest absolute Gasteiger partial charge is 0.103 e. The lowest BCUT2D eigenvalue weighted by molar-refractivity contribution is 0.101. The summed E-state index contributed by atoms with van der Waals surface area (Å²) in [5.74, 6) is 0.369. The molecule has 0 heterocycles. The van der Waals surface area contributed by atoms with Crippen LogP contribution in [0.4, 0.5) is 0 Å². The van der Waals surface area contributed by atoms with E-state index in [9.17, 15) is 5.11 Å². The van der Waals surface area contributed by atoms with Crippen LogP contribution in [-0.4, -0.2) is 11.9 Å². The van der Waals surface area contributed by atoms with Gasteiger partial charge in [0.25, 0.3) is 0 Å². The summed E-state index contributed by atoms with van der Waals surface area (Å²) >= 11 is 4.53. The van der Waals surface area contributed by atoms with Crippen molar-refractivity contribution in [2.75, 3.05) is 5.75 Å². The molecule has 0 spiro atoms. The van der Waals surface area contributed by atoms with E-state index in [0.29, 0.717) is 5.75 Å². The monoisotopic (exact) mass is 118 g/mol. The second kappa shape index (κ2) is 4.47. The van der Waals surface area contributed by atoms with Gasteiger partial charge in [-0.3, -0.25) is 0 Å². The highest BCUT2D eigenvalue weighted by molar-refractivity contribution is 7.80. The molecule has 0 aliphatic carbocycles. The molecule has 0 saturated carbocycles. The van der Waals surface area contributed by atoms with Gasteiger partial charge < -0.3 is 0 Å². The van der Waals surface area contributed by atoms with Crippen molar-refractivity contribution in [1.82, 2.24) is 0 Å². The van der Waals surface area contributed by atoms with Gasteiger partial charge in [-0.1, -0.05) is 26.0 Å². The van der Waals surface area contributed by atoms with Crippen LogP contribution in [0.1, 0.15) is 19.8 Å². The Hall–Kier alpha value is 0.310. The first-order chi connectivity index (χ1) is 3.31. The van der Waals surface area contributed by atoms with Crippen LogP contribution in [0, 0.1) is 0 Å². The Morgan fingerprint density at radius 3 is 2.43 bits per heavy atom. The molecule has 42 valence electrons. The van der Waals surface area contributed by atoms with E-state index in [2.05, 4.69) is 12.6 Å². The van der Waals surface area contributed by atoms with Gasteiger partial charge in [0.05, 0.1) is 0 Å². The lowest BCUT2D eigenvalue weighted by Gasteiger charge is -1.97.